The van der Waals surface area contributed by atoms with Crippen LogP contribution in [0.1, 0.15) is 47.4 Å². The highest BCUT2D eigenvalue weighted by Crippen LogP contribution is 2.13. The van der Waals surface area contributed by atoms with Crippen LogP contribution >= 0.6 is 0 Å². The monoisotopic (exact) mass is 369 g/mol. The van der Waals surface area contributed by atoms with Gasteiger partial charge in [0.1, 0.15) is 0 Å². The average molecular weight is 369 g/mol. The van der Waals surface area contributed by atoms with E-state index in [1.165, 1.54) is 44.2 Å². The van der Waals surface area contributed by atoms with Crippen LogP contribution in [0.4, 0.5) is 0 Å². The first-order valence-corrected chi connectivity index (χ1v) is 9.59. The average Bonchev–Trinajstić information content (AvgIpc) is 3.23. The molecule has 0 unspecified atom stereocenters. The van der Waals surface area contributed by atoms with Crippen LogP contribution in [0.25, 0.3) is 0 Å². The Balaban J connectivity index is 1.34. The number of nitrogens with one attached hydrogen (secondary N) is 2. The second-order valence-corrected chi connectivity index (χ2v) is 6.91. The predicted molar refractivity (Wildman–Crippen MR) is 103 cm³/mol. The van der Waals surface area contributed by atoms with Gasteiger partial charge in [-0.25, -0.2) is 0 Å². The Bertz CT molecular complexity index is 720. The molecular weight excluding hydrogens is 342 g/mol. The van der Waals surface area contributed by atoms with E-state index in [4.69, 9.17) is 4.42 Å². The smallest absolute Gasteiger partial charge is 0.286 e. The lowest BCUT2D eigenvalue weighted by molar-refractivity contribution is -0.121. The number of nitrogens with zero attached hydrogens (tertiary/aromatic N) is 1. The third kappa shape index (κ3) is 6.25. The number of likely N-dealkylation sites (tertiary alicyclic amines) is 1. The van der Waals surface area contributed by atoms with Gasteiger partial charge in [-0.15, -0.1) is 0 Å². The Hall–Kier alpha value is -2.60. The number of hydrogen-bond acceptors (Lipinski definition) is 4. The number of piperidine rings is 1. The van der Waals surface area contributed by atoms with Crippen molar-refractivity contribution in [2.24, 2.45) is 0 Å². The molecule has 0 bridgehead atoms. The van der Waals surface area contributed by atoms with Crippen molar-refractivity contribution in [1.82, 2.24) is 15.5 Å². The molecule has 2 amide bonds. The lowest BCUT2D eigenvalue weighted by Crippen LogP contribution is -2.30. The Morgan fingerprint density at radius 3 is 2.41 bits per heavy atom. The predicted octanol–water partition coefficient (Wildman–Crippen LogP) is 2.70. The number of benzene rings is 1. The van der Waals surface area contributed by atoms with Gasteiger partial charge in [-0.1, -0.05) is 30.7 Å². The van der Waals surface area contributed by atoms with E-state index in [1.807, 2.05) is 0 Å². The Kier molecular flexibility index (Phi) is 7.04. The van der Waals surface area contributed by atoms with Crippen LogP contribution in [0, 0.1) is 0 Å². The van der Waals surface area contributed by atoms with Gasteiger partial charge >= 0.3 is 0 Å². The zero-order chi connectivity index (χ0) is 18.9. The van der Waals surface area contributed by atoms with Gasteiger partial charge in [0, 0.05) is 26.1 Å². The molecule has 1 aliphatic rings. The normalized spacial score (nSPS) is 14.7. The maximum absolute atomic E-state index is 11.9. The molecule has 3 rings (SSSR count). The van der Waals surface area contributed by atoms with Gasteiger partial charge in [-0.3, -0.25) is 14.5 Å². The maximum atomic E-state index is 11.9. The second kappa shape index (κ2) is 9.92. The summed E-state index contributed by atoms with van der Waals surface area (Å²) in [5, 5.41) is 5.55. The highest BCUT2D eigenvalue weighted by Gasteiger charge is 2.11. The fourth-order valence-electron chi connectivity index (χ4n) is 3.21. The number of carbonyl (C=O) groups excluding carboxylic acids is 2. The van der Waals surface area contributed by atoms with Gasteiger partial charge in [-0.2, -0.15) is 0 Å². The van der Waals surface area contributed by atoms with Crippen LogP contribution in [0.15, 0.2) is 47.1 Å². The number of rotatable bonds is 8. The largest absolute Gasteiger partial charge is 0.459 e. The van der Waals surface area contributed by atoms with E-state index in [9.17, 15) is 9.59 Å². The third-order valence-corrected chi connectivity index (χ3v) is 4.75. The first kappa shape index (κ1) is 19.2. The van der Waals surface area contributed by atoms with Crippen LogP contribution in [-0.4, -0.2) is 36.3 Å². The van der Waals surface area contributed by atoms with Gasteiger partial charge in [-0.05, 0) is 49.2 Å². The molecule has 1 saturated heterocycles. The lowest BCUT2D eigenvalue weighted by atomic mass is 10.1. The summed E-state index contributed by atoms with van der Waals surface area (Å²) in [4.78, 5) is 26.1. The molecule has 6 heteroatoms. The Morgan fingerprint density at radius 2 is 1.70 bits per heavy atom. The molecule has 0 atom stereocenters. The van der Waals surface area contributed by atoms with Crippen LogP contribution in [0.3, 0.4) is 0 Å². The standard InChI is InChI=1S/C21H27N3O3/c25-20(10-11-22-21(26)19-5-4-14-27-19)23-15-17-6-8-18(9-7-17)16-24-12-2-1-3-13-24/h4-9,14H,1-3,10-13,15-16H2,(H,22,26)(H,23,25). The first-order chi connectivity index (χ1) is 13.2. The molecule has 1 aliphatic heterocycles. The Labute approximate surface area is 159 Å². The summed E-state index contributed by atoms with van der Waals surface area (Å²) in [5.41, 5.74) is 2.39. The second-order valence-electron chi connectivity index (χ2n) is 6.91. The highest BCUT2D eigenvalue weighted by atomic mass is 16.3. The molecule has 0 saturated carbocycles. The minimum atomic E-state index is -0.308. The van der Waals surface area contributed by atoms with Gasteiger partial charge in [0.2, 0.25) is 5.91 Å². The number of furan rings is 1. The zero-order valence-electron chi connectivity index (χ0n) is 15.6. The van der Waals surface area contributed by atoms with Crippen molar-refractivity contribution in [1.29, 1.82) is 0 Å². The molecule has 144 valence electrons. The molecule has 0 radical (unpaired) electrons. The quantitative estimate of drug-likeness (QED) is 0.750. The van der Waals surface area contributed by atoms with Gasteiger partial charge < -0.3 is 15.1 Å². The van der Waals surface area contributed by atoms with Crippen LogP contribution in [0.2, 0.25) is 0 Å². The topological polar surface area (TPSA) is 74.6 Å². The van der Waals surface area contributed by atoms with E-state index in [0.29, 0.717) is 6.54 Å². The molecule has 6 nitrogen and oxygen atoms in total. The molecule has 1 fully saturated rings. The maximum Gasteiger partial charge on any atom is 0.286 e. The van der Waals surface area contributed by atoms with E-state index in [1.54, 1.807) is 12.1 Å². The van der Waals surface area contributed by atoms with Crippen LogP contribution in [0.5, 0.6) is 0 Å². The summed E-state index contributed by atoms with van der Waals surface area (Å²) < 4.78 is 5.00. The van der Waals surface area contributed by atoms with Gasteiger partial charge in [0.25, 0.3) is 5.91 Å². The van der Waals surface area contributed by atoms with Crippen molar-refractivity contribution >= 4 is 11.8 Å². The molecular formula is C21H27N3O3. The highest BCUT2D eigenvalue weighted by molar-refractivity contribution is 5.91. The van der Waals surface area contributed by atoms with Crippen molar-refractivity contribution in [3.8, 4) is 0 Å². The van der Waals surface area contributed by atoms with Crippen molar-refractivity contribution in [3.05, 3.63) is 59.5 Å². The van der Waals surface area contributed by atoms with Crippen molar-refractivity contribution < 1.29 is 14.0 Å². The number of hydrogen-bond donors (Lipinski definition) is 2. The van der Waals surface area contributed by atoms with Crippen LogP contribution < -0.4 is 10.6 Å². The SMILES string of the molecule is O=C(CCNC(=O)c1ccco1)NCc1ccc(CN2CCCCC2)cc1. The zero-order valence-corrected chi connectivity index (χ0v) is 15.6. The summed E-state index contributed by atoms with van der Waals surface area (Å²) in [6.07, 6.45) is 5.62. The van der Waals surface area contributed by atoms with Crippen molar-refractivity contribution in [2.75, 3.05) is 19.6 Å². The van der Waals surface area contributed by atoms with E-state index < -0.39 is 0 Å². The molecule has 2 N–H and O–H groups in total. The number of carbonyl (C=O) groups is 2. The van der Waals surface area contributed by atoms with E-state index in [-0.39, 0.29) is 30.5 Å². The van der Waals surface area contributed by atoms with Crippen LogP contribution in [-0.2, 0) is 17.9 Å². The summed E-state index contributed by atoms with van der Waals surface area (Å²) in [6, 6.07) is 11.7. The summed E-state index contributed by atoms with van der Waals surface area (Å²) in [6.45, 7) is 4.15. The fraction of sp³-hybridized carbons (Fsp3) is 0.429. The molecule has 2 heterocycles. The molecule has 2 aromatic rings. The molecule has 0 aliphatic carbocycles. The summed E-state index contributed by atoms with van der Waals surface area (Å²) >= 11 is 0. The summed E-state index contributed by atoms with van der Waals surface area (Å²) in [5.74, 6) is -0.149. The van der Waals surface area contributed by atoms with E-state index in [0.717, 1.165) is 12.1 Å². The minimum Gasteiger partial charge on any atom is -0.459 e. The first-order valence-electron chi connectivity index (χ1n) is 9.59. The molecule has 1 aromatic heterocycles. The Morgan fingerprint density at radius 1 is 0.963 bits per heavy atom. The minimum absolute atomic E-state index is 0.0906. The van der Waals surface area contributed by atoms with Crippen molar-refractivity contribution in [2.45, 2.75) is 38.8 Å². The molecule has 0 spiro atoms. The van der Waals surface area contributed by atoms with Gasteiger partial charge in [0.15, 0.2) is 5.76 Å². The number of amides is 2. The van der Waals surface area contributed by atoms with E-state index >= 15 is 0 Å². The molecule has 27 heavy (non-hydrogen) atoms. The lowest BCUT2D eigenvalue weighted by Gasteiger charge is -2.26. The fourth-order valence-corrected chi connectivity index (χ4v) is 3.21. The van der Waals surface area contributed by atoms with E-state index in [2.05, 4.69) is 39.8 Å². The van der Waals surface area contributed by atoms with Gasteiger partial charge in [0.05, 0.1) is 6.26 Å². The third-order valence-electron chi connectivity index (χ3n) is 4.75. The van der Waals surface area contributed by atoms with Crippen molar-refractivity contribution in [3.63, 3.8) is 0 Å². The molecule has 1 aromatic carbocycles. The summed E-state index contributed by atoms with van der Waals surface area (Å²) in [7, 11) is 0.